The number of aliphatic carboxylic acids is 1. The van der Waals surface area contributed by atoms with E-state index in [1.54, 1.807) is 0 Å². The molecule has 1 aromatic rings. The first-order valence-corrected chi connectivity index (χ1v) is 6.44. The minimum Gasteiger partial charge on any atom is -0.481 e. The van der Waals surface area contributed by atoms with Crippen LogP contribution in [0.3, 0.4) is 0 Å². The number of carboxylic acid groups (broad SMARTS) is 1. The molecular formula is C14H18N2O2. The lowest BCUT2D eigenvalue weighted by atomic mass is 9.84. The molecule has 0 atom stereocenters. The fourth-order valence-corrected chi connectivity index (χ4v) is 3.06. The van der Waals surface area contributed by atoms with Crippen LogP contribution >= 0.6 is 0 Å². The summed E-state index contributed by atoms with van der Waals surface area (Å²) in [4.78, 5) is 13.4. The van der Waals surface area contributed by atoms with Gasteiger partial charge >= 0.3 is 5.97 Å². The second-order valence-corrected chi connectivity index (χ2v) is 5.34. The van der Waals surface area contributed by atoms with Crippen molar-refractivity contribution < 1.29 is 9.90 Å². The van der Waals surface area contributed by atoms with E-state index in [9.17, 15) is 4.79 Å². The Bertz CT molecular complexity index is 469. The van der Waals surface area contributed by atoms with Gasteiger partial charge in [0.1, 0.15) is 0 Å². The van der Waals surface area contributed by atoms with Crippen LogP contribution in [0.15, 0.2) is 24.3 Å². The molecule has 1 fully saturated rings. The van der Waals surface area contributed by atoms with Gasteiger partial charge in [0.2, 0.25) is 0 Å². The molecule has 1 saturated heterocycles. The van der Waals surface area contributed by atoms with Gasteiger partial charge in [-0.05, 0) is 17.5 Å². The highest BCUT2D eigenvalue weighted by molar-refractivity contribution is 5.69. The van der Waals surface area contributed by atoms with Crippen LogP contribution in [0, 0.1) is 0 Å². The van der Waals surface area contributed by atoms with Crippen LogP contribution in [0.25, 0.3) is 0 Å². The number of carboxylic acids is 1. The Morgan fingerprint density at radius 3 is 2.67 bits per heavy atom. The van der Waals surface area contributed by atoms with Gasteiger partial charge in [0.05, 0.1) is 12.0 Å². The largest absolute Gasteiger partial charge is 0.481 e. The summed E-state index contributed by atoms with van der Waals surface area (Å²) in [6.45, 7) is 3.43. The van der Waals surface area contributed by atoms with E-state index in [0.717, 1.165) is 32.6 Å². The molecule has 0 unspecified atom stereocenters. The third-order valence-corrected chi connectivity index (χ3v) is 4.19. The van der Waals surface area contributed by atoms with Gasteiger partial charge in [0, 0.05) is 26.2 Å². The number of nitrogens with one attached hydrogen (secondary N) is 1. The first-order chi connectivity index (χ1) is 8.70. The Labute approximate surface area is 107 Å². The van der Waals surface area contributed by atoms with E-state index in [2.05, 4.69) is 34.5 Å². The van der Waals surface area contributed by atoms with Crippen LogP contribution in [0.2, 0.25) is 0 Å². The summed E-state index contributed by atoms with van der Waals surface area (Å²) in [5.41, 5.74) is 2.59. The SMILES string of the molecule is O=C(O)CC1(N2CCc3ccccc3C2)CNC1. The third-order valence-electron chi connectivity index (χ3n) is 4.19. The van der Waals surface area contributed by atoms with Crippen molar-refractivity contribution >= 4 is 5.97 Å². The summed E-state index contributed by atoms with van der Waals surface area (Å²) in [7, 11) is 0. The quantitative estimate of drug-likeness (QED) is 0.830. The van der Waals surface area contributed by atoms with Crippen molar-refractivity contribution in [3.63, 3.8) is 0 Å². The summed E-state index contributed by atoms with van der Waals surface area (Å²) in [5, 5.41) is 12.3. The summed E-state index contributed by atoms with van der Waals surface area (Å²) in [6, 6.07) is 8.47. The first-order valence-electron chi connectivity index (χ1n) is 6.44. The van der Waals surface area contributed by atoms with Crippen molar-refractivity contribution in [2.24, 2.45) is 0 Å². The van der Waals surface area contributed by atoms with Crippen LogP contribution in [0.1, 0.15) is 17.5 Å². The Kier molecular flexibility index (Phi) is 2.84. The van der Waals surface area contributed by atoms with Crippen molar-refractivity contribution in [3.05, 3.63) is 35.4 Å². The molecular weight excluding hydrogens is 228 g/mol. The van der Waals surface area contributed by atoms with E-state index in [4.69, 9.17) is 5.11 Å². The lowest BCUT2D eigenvalue weighted by Gasteiger charge is -2.51. The normalized spacial score (nSPS) is 22.0. The number of fused-ring (bicyclic) bond motifs is 1. The Hall–Kier alpha value is -1.39. The zero-order valence-electron chi connectivity index (χ0n) is 10.4. The summed E-state index contributed by atoms with van der Waals surface area (Å²) >= 11 is 0. The maximum Gasteiger partial charge on any atom is 0.305 e. The van der Waals surface area contributed by atoms with Gasteiger partial charge in [-0.15, -0.1) is 0 Å². The highest BCUT2D eigenvalue weighted by atomic mass is 16.4. The molecule has 1 aromatic carbocycles. The van der Waals surface area contributed by atoms with Crippen molar-refractivity contribution in [2.75, 3.05) is 19.6 Å². The minimum atomic E-state index is -0.699. The average molecular weight is 246 g/mol. The van der Waals surface area contributed by atoms with E-state index in [-0.39, 0.29) is 12.0 Å². The fourth-order valence-electron chi connectivity index (χ4n) is 3.06. The van der Waals surface area contributed by atoms with Crippen molar-refractivity contribution in [2.45, 2.75) is 24.9 Å². The van der Waals surface area contributed by atoms with Gasteiger partial charge in [0.25, 0.3) is 0 Å². The van der Waals surface area contributed by atoms with Crippen molar-refractivity contribution in [1.29, 1.82) is 0 Å². The number of carbonyl (C=O) groups is 1. The molecule has 0 aromatic heterocycles. The van der Waals surface area contributed by atoms with Gasteiger partial charge in [0.15, 0.2) is 0 Å². The van der Waals surface area contributed by atoms with Crippen molar-refractivity contribution in [3.8, 4) is 0 Å². The fraction of sp³-hybridized carbons (Fsp3) is 0.500. The van der Waals surface area contributed by atoms with Crippen molar-refractivity contribution in [1.82, 2.24) is 10.2 Å². The van der Waals surface area contributed by atoms with Crippen LogP contribution < -0.4 is 5.32 Å². The molecule has 4 nitrogen and oxygen atoms in total. The molecule has 2 aliphatic rings. The van der Waals surface area contributed by atoms with E-state index < -0.39 is 5.97 Å². The van der Waals surface area contributed by atoms with Gasteiger partial charge < -0.3 is 10.4 Å². The standard InChI is InChI=1S/C14H18N2O2/c17-13(18)7-14(9-15-10-14)16-6-5-11-3-1-2-4-12(11)8-16/h1-4,15H,5-10H2,(H,17,18). The molecule has 3 rings (SSSR count). The second kappa shape index (κ2) is 4.37. The van der Waals surface area contributed by atoms with E-state index in [1.165, 1.54) is 11.1 Å². The van der Waals surface area contributed by atoms with E-state index in [1.807, 2.05) is 0 Å². The number of hydrogen-bond donors (Lipinski definition) is 2. The lowest BCUT2D eigenvalue weighted by Crippen LogP contribution is -2.70. The number of benzene rings is 1. The molecule has 0 amide bonds. The Morgan fingerprint density at radius 1 is 1.33 bits per heavy atom. The maximum absolute atomic E-state index is 11.0. The molecule has 0 radical (unpaired) electrons. The number of hydrogen-bond acceptors (Lipinski definition) is 3. The molecule has 2 heterocycles. The van der Waals surface area contributed by atoms with Crippen LogP contribution in [-0.4, -0.2) is 41.1 Å². The Balaban J connectivity index is 1.80. The number of nitrogens with zero attached hydrogens (tertiary/aromatic N) is 1. The molecule has 0 bridgehead atoms. The average Bonchev–Trinajstić information content (AvgIpc) is 2.33. The predicted octanol–water partition coefficient (Wildman–Crippen LogP) is 0.861. The zero-order valence-corrected chi connectivity index (χ0v) is 10.4. The molecule has 2 N–H and O–H groups in total. The van der Waals surface area contributed by atoms with Gasteiger partial charge in [-0.3, -0.25) is 9.69 Å². The molecule has 18 heavy (non-hydrogen) atoms. The minimum absolute atomic E-state index is 0.167. The summed E-state index contributed by atoms with van der Waals surface area (Å²) < 4.78 is 0. The monoisotopic (exact) mass is 246 g/mol. The third kappa shape index (κ3) is 1.91. The molecule has 0 aliphatic carbocycles. The second-order valence-electron chi connectivity index (χ2n) is 5.34. The molecule has 2 aliphatic heterocycles. The van der Waals surface area contributed by atoms with E-state index >= 15 is 0 Å². The predicted molar refractivity (Wildman–Crippen MR) is 68.4 cm³/mol. The number of rotatable bonds is 3. The molecule has 4 heteroatoms. The highest BCUT2D eigenvalue weighted by Crippen LogP contribution is 2.30. The van der Waals surface area contributed by atoms with Gasteiger partial charge in [-0.1, -0.05) is 24.3 Å². The zero-order chi connectivity index (χ0) is 12.6. The Morgan fingerprint density at radius 2 is 2.06 bits per heavy atom. The molecule has 96 valence electrons. The molecule has 0 spiro atoms. The van der Waals surface area contributed by atoms with E-state index in [0.29, 0.717) is 0 Å². The van der Waals surface area contributed by atoms with Crippen LogP contribution in [0.4, 0.5) is 0 Å². The van der Waals surface area contributed by atoms with Gasteiger partial charge in [-0.25, -0.2) is 0 Å². The summed E-state index contributed by atoms with van der Waals surface area (Å²) in [5.74, 6) is -0.699. The van der Waals surface area contributed by atoms with Crippen LogP contribution in [0.5, 0.6) is 0 Å². The van der Waals surface area contributed by atoms with Crippen LogP contribution in [-0.2, 0) is 17.8 Å². The van der Waals surface area contributed by atoms with Gasteiger partial charge in [-0.2, -0.15) is 0 Å². The smallest absolute Gasteiger partial charge is 0.305 e. The topological polar surface area (TPSA) is 52.6 Å². The summed E-state index contributed by atoms with van der Waals surface area (Å²) in [6.07, 6.45) is 1.26. The first kappa shape index (κ1) is 11.7. The lowest BCUT2D eigenvalue weighted by molar-refractivity contribution is -0.142. The maximum atomic E-state index is 11.0. The highest BCUT2D eigenvalue weighted by Gasteiger charge is 2.44. The molecule has 0 saturated carbocycles.